The number of hydrogen-bond acceptors (Lipinski definition) is 17. The Bertz CT molecular complexity index is 3110. The molecule has 0 radical (unpaired) electrons. The minimum absolute atomic E-state index is 0.0475. The van der Waals surface area contributed by atoms with Crippen LogP contribution in [0, 0.1) is 50.4 Å². The second-order valence-corrected chi connectivity index (χ2v) is 24.5. The van der Waals surface area contributed by atoms with Gasteiger partial charge in [0.1, 0.15) is 11.5 Å². The van der Waals surface area contributed by atoms with Gasteiger partial charge in [0.05, 0.1) is 54.8 Å². The number of hydrogen-bond donors (Lipinski definition) is 0. The summed E-state index contributed by atoms with van der Waals surface area (Å²) in [7, 11) is -3.69. The SMILES string of the molecule is CCOC(=O)CCC(C)(C#N)N=NC(C)(C#N)CCC(=O)OCC(F)(F)S(=O)(=O)[O-].COC(=O)COc1c(C)cc([S+](c2ccccc2)c2ccccc2)cc1C.COC(=O)COc1c(C)cc([S+](c2ccccc2)c2ccccc2)cc1C. The number of benzene rings is 6. The highest BCUT2D eigenvalue weighted by atomic mass is 32.2. The molecule has 2 unspecified atom stereocenters. The molecule has 0 bridgehead atoms. The molecule has 0 aliphatic heterocycles. The smallest absolute Gasteiger partial charge is 0.367 e. The zero-order valence-electron chi connectivity index (χ0n) is 48.1. The van der Waals surface area contributed by atoms with E-state index < -0.39 is 51.4 Å². The number of methoxy groups -OCH3 is 2. The first kappa shape index (κ1) is 68.3. The number of nitrogens with zero attached hydrogens (tertiary/aromatic N) is 4. The molecule has 84 heavy (non-hydrogen) atoms. The third kappa shape index (κ3) is 20.9. The highest BCUT2D eigenvalue weighted by Gasteiger charge is 2.40. The summed E-state index contributed by atoms with van der Waals surface area (Å²) in [5.41, 5.74) is 0.942. The summed E-state index contributed by atoms with van der Waals surface area (Å²) in [6.07, 6.45) is -1.15. The lowest BCUT2D eigenvalue weighted by Crippen LogP contribution is -2.35. The number of alkyl halides is 2. The average molecular weight is 1210 g/mol. The van der Waals surface area contributed by atoms with Crippen LogP contribution >= 0.6 is 0 Å². The molecule has 444 valence electrons. The van der Waals surface area contributed by atoms with Crippen molar-refractivity contribution in [2.24, 2.45) is 10.2 Å². The maximum Gasteiger partial charge on any atom is 0.367 e. The van der Waals surface area contributed by atoms with Crippen LogP contribution < -0.4 is 9.47 Å². The van der Waals surface area contributed by atoms with Crippen molar-refractivity contribution in [1.29, 1.82) is 10.5 Å². The number of azo groups is 1. The van der Waals surface area contributed by atoms with Crippen LogP contribution in [0.25, 0.3) is 0 Å². The molecule has 6 aromatic rings. The normalized spacial score (nSPS) is 12.6. The van der Waals surface area contributed by atoms with Crippen molar-refractivity contribution in [2.75, 3.05) is 40.6 Å². The summed E-state index contributed by atoms with van der Waals surface area (Å²) >= 11 is 0. The molecule has 0 fully saturated rings. The van der Waals surface area contributed by atoms with E-state index in [2.05, 4.69) is 146 Å². The number of carbonyl (C=O) groups excluding carboxylic acids is 4. The minimum atomic E-state index is -6.00. The Kier molecular flexibility index (Phi) is 26.6. The molecule has 0 aliphatic carbocycles. The van der Waals surface area contributed by atoms with Crippen molar-refractivity contribution in [1.82, 2.24) is 0 Å². The molecular weight excluding hydrogens is 1140 g/mol. The van der Waals surface area contributed by atoms with Gasteiger partial charge in [0.15, 0.2) is 70.4 Å². The molecule has 0 aliphatic rings. The second kappa shape index (κ2) is 32.6. The number of rotatable bonds is 24. The number of ether oxygens (including phenoxy) is 6. The summed E-state index contributed by atoms with van der Waals surface area (Å²) in [5.74, 6) is -1.11. The quantitative estimate of drug-likeness (QED) is 0.0179. The number of aryl methyl sites for hydroxylation is 4. The first-order chi connectivity index (χ1) is 39.8. The van der Waals surface area contributed by atoms with Crippen molar-refractivity contribution >= 4 is 55.8 Å². The lowest BCUT2D eigenvalue weighted by molar-refractivity contribution is -0.150. The van der Waals surface area contributed by atoms with Crippen LogP contribution in [-0.4, -0.2) is 93.8 Å². The lowest BCUT2D eigenvalue weighted by Gasteiger charge is -2.20. The minimum Gasteiger partial charge on any atom is -0.743 e. The van der Waals surface area contributed by atoms with Crippen LogP contribution in [0.3, 0.4) is 0 Å². The van der Waals surface area contributed by atoms with E-state index in [4.69, 9.17) is 14.2 Å². The zero-order chi connectivity index (χ0) is 62.1. The molecule has 22 heteroatoms. The highest BCUT2D eigenvalue weighted by molar-refractivity contribution is 7.97. The predicted octanol–water partition coefficient (Wildman–Crippen LogP) is 11.7. The first-order valence-electron chi connectivity index (χ1n) is 26.0. The van der Waals surface area contributed by atoms with E-state index in [0.717, 1.165) is 33.8 Å². The molecule has 0 heterocycles. The number of esters is 4. The maximum atomic E-state index is 13.0. The van der Waals surface area contributed by atoms with Crippen LogP contribution in [0.1, 0.15) is 68.7 Å². The van der Waals surface area contributed by atoms with Crippen LogP contribution in [-0.2, 0) is 70.0 Å². The van der Waals surface area contributed by atoms with Crippen molar-refractivity contribution in [3.63, 3.8) is 0 Å². The van der Waals surface area contributed by atoms with Gasteiger partial charge in [-0.3, -0.25) is 9.59 Å². The number of carbonyl (C=O) groups is 4. The Labute approximate surface area is 495 Å². The van der Waals surface area contributed by atoms with Gasteiger partial charge < -0.3 is 33.0 Å². The average Bonchev–Trinajstić information content (AvgIpc) is 3.58. The summed E-state index contributed by atoms with van der Waals surface area (Å²) in [4.78, 5) is 53.3. The van der Waals surface area contributed by atoms with E-state index in [0.29, 0.717) is 0 Å². The fourth-order valence-corrected chi connectivity index (χ4v) is 12.4. The monoisotopic (exact) mass is 1210 g/mol. The lowest BCUT2D eigenvalue weighted by atomic mass is 9.97. The molecule has 0 N–H and O–H groups in total. The third-order valence-corrected chi connectivity index (χ3v) is 17.3. The van der Waals surface area contributed by atoms with E-state index in [1.165, 1.54) is 57.4 Å². The molecule has 17 nitrogen and oxygen atoms in total. The largest absolute Gasteiger partial charge is 0.743 e. The van der Waals surface area contributed by atoms with Crippen LogP contribution in [0.5, 0.6) is 11.5 Å². The summed E-state index contributed by atoms with van der Waals surface area (Å²) in [6, 6.07) is 54.3. The van der Waals surface area contributed by atoms with Gasteiger partial charge in [0.25, 0.3) is 0 Å². The van der Waals surface area contributed by atoms with Crippen molar-refractivity contribution in [3.8, 4) is 23.6 Å². The van der Waals surface area contributed by atoms with E-state index in [1.807, 2.05) is 58.0 Å². The Morgan fingerprint density at radius 2 is 0.833 bits per heavy atom. The van der Waals surface area contributed by atoms with E-state index >= 15 is 0 Å². The second-order valence-electron chi connectivity index (χ2n) is 18.9. The molecular formula is C62H67F2N4O13S3+. The molecule has 0 aromatic heterocycles. The Morgan fingerprint density at radius 1 is 0.536 bits per heavy atom. The Morgan fingerprint density at radius 3 is 1.10 bits per heavy atom. The van der Waals surface area contributed by atoms with Gasteiger partial charge in [-0.1, -0.05) is 72.8 Å². The van der Waals surface area contributed by atoms with E-state index in [-0.39, 0.29) is 72.8 Å². The van der Waals surface area contributed by atoms with Gasteiger partial charge >= 0.3 is 29.1 Å². The molecule has 6 aromatic carbocycles. The fourth-order valence-electron chi connectivity index (χ4n) is 7.65. The summed E-state index contributed by atoms with van der Waals surface area (Å²) in [5, 5.41) is 21.3. The van der Waals surface area contributed by atoms with Crippen LogP contribution in [0.4, 0.5) is 8.78 Å². The fraction of sp³-hybridized carbons (Fsp3) is 0.323. The molecule has 6 rings (SSSR count). The number of nitriles is 2. The molecule has 0 amide bonds. The van der Waals surface area contributed by atoms with E-state index in [1.54, 1.807) is 13.0 Å². The Hall–Kier alpha value is -8.15. The van der Waals surface area contributed by atoms with Crippen LogP contribution in [0.15, 0.2) is 185 Å². The van der Waals surface area contributed by atoms with Crippen molar-refractivity contribution in [2.45, 2.75) is 120 Å². The van der Waals surface area contributed by atoms with Gasteiger partial charge in [-0.25, -0.2) is 18.0 Å². The first-order valence-corrected chi connectivity index (χ1v) is 29.9. The summed E-state index contributed by atoms with van der Waals surface area (Å²) < 4.78 is 86.5. The standard InChI is InChI=1S/2C23H23O3S.C16H22F2N4O7S/c2*1-17-14-21(15-18(2)23(17)26-16-22(24)25-3)27(19-10-6-4-7-11-19)20-12-8-5-9-13-20;1-4-28-12(23)5-7-14(2,9-19)21-22-15(3,10-20)8-6-13(24)29-11-16(17,18)30(25,26)27/h2*4-15H,16H2,1-3H3;4-8,11H2,1-3H3,(H,25,26,27)/q2*+1;/p-1. The highest BCUT2D eigenvalue weighted by Crippen LogP contribution is 2.37. The zero-order valence-corrected chi connectivity index (χ0v) is 50.5. The van der Waals surface area contributed by atoms with Gasteiger partial charge in [0.2, 0.25) is 0 Å². The molecule has 0 saturated carbocycles. The number of halogens is 2. The molecule has 0 saturated heterocycles. The van der Waals surface area contributed by atoms with Crippen molar-refractivity contribution < 1.29 is 69.4 Å². The molecule has 0 spiro atoms. The van der Waals surface area contributed by atoms with Crippen LogP contribution in [0.2, 0.25) is 0 Å². The molecule has 2 atom stereocenters. The third-order valence-electron chi connectivity index (χ3n) is 12.1. The van der Waals surface area contributed by atoms with Gasteiger partial charge in [0, 0.05) is 37.1 Å². The van der Waals surface area contributed by atoms with Gasteiger partial charge in [-0.05, 0) is 132 Å². The maximum absolute atomic E-state index is 13.0. The summed E-state index contributed by atoms with van der Waals surface area (Å²) in [6.45, 7) is 10.3. The van der Waals surface area contributed by atoms with Crippen molar-refractivity contribution in [3.05, 3.63) is 168 Å². The Balaban J connectivity index is 0.000000270. The topological polar surface area (TPSA) is 253 Å². The van der Waals surface area contributed by atoms with E-state index in [9.17, 15) is 51.5 Å². The van der Waals surface area contributed by atoms with Gasteiger partial charge in [-0.15, -0.1) is 0 Å². The van der Waals surface area contributed by atoms with Gasteiger partial charge in [-0.2, -0.15) is 29.5 Å². The predicted molar refractivity (Wildman–Crippen MR) is 311 cm³/mol.